The molecule has 3 aromatic rings. The summed E-state index contributed by atoms with van der Waals surface area (Å²) in [5.41, 5.74) is 3.71. The van der Waals surface area contributed by atoms with Crippen LogP contribution < -0.4 is 10.0 Å². The molecule has 2 N–H and O–H groups in total. The van der Waals surface area contributed by atoms with Crippen molar-refractivity contribution in [2.45, 2.75) is 25.7 Å². The Balaban J connectivity index is 1.87. The molecule has 0 aromatic heterocycles. The Labute approximate surface area is 175 Å². The van der Waals surface area contributed by atoms with Crippen LogP contribution in [0.1, 0.15) is 27.0 Å². The van der Waals surface area contributed by atoms with Gasteiger partial charge in [0, 0.05) is 16.3 Å². The van der Waals surface area contributed by atoms with Gasteiger partial charge in [-0.25, -0.2) is 8.42 Å². The molecule has 0 bridgehead atoms. The van der Waals surface area contributed by atoms with E-state index >= 15 is 0 Å². The van der Waals surface area contributed by atoms with Gasteiger partial charge < -0.3 is 5.32 Å². The van der Waals surface area contributed by atoms with Crippen LogP contribution in [0.3, 0.4) is 0 Å². The summed E-state index contributed by atoms with van der Waals surface area (Å²) < 4.78 is 28.0. The van der Waals surface area contributed by atoms with E-state index in [9.17, 15) is 13.2 Å². The van der Waals surface area contributed by atoms with Crippen LogP contribution in [-0.4, -0.2) is 14.3 Å². The minimum atomic E-state index is -3.77. The summed E-state index contributed by atoms with van der Waals surface area (Å²) in [6.07, 6.45) is 0. The Bertz CT molecular complexity index is 1170. The van der Waals surface area contributed by atoms with E-state index in [1.165, 1.54) is 6.07 Å². The van der Waals surface area contributed by atoms with Crippen molar-refractivity contribution in [3.63, 3.8) is 0 Å². The Morgan fingerprint density at radius 3 is 2.28 bits per heavy atom. The smallest absolute Gasteiger partial charge is 0.261 e. The molecule has 0 aliphatic carbocycles. The maximum absolute atomic E-state index is 12.7. The number of carbonyl (C=O) groups is 1. The molecule has 1 amide bonds. The predicted molar refractivity (Wildman–Crippen MR) is 117 cm³/mol. The molecular weight excluding hydrogens is 408 g/mol. The number of amides is 1. The summed E-state index contributed by atoms with van der Waals surface area (Å²) in [6.45, 7) is 5.47. The zero-order chi connectivity index (χ0) is 21.2. The molecule has 0 atom stereocenters. The van der Waals surface area contributed by atoms with Crippen molar-refractivity contribution >= 4 is 38.9 Å². The lowest BCUT2D eigenvalue weighted by Gasteiger charge is -2.13. The molecule has 3 aromatic carbocycles. The summed E-state index contributed by atoms with van der Waals surface area (Å²) in [5, 5.41) is 3.37. The van der Waals surface area contributed by atoms with E-state index in [1.54, 1.807) is 61.5 Å². The summed E-state index contributed by atoms with van der Waals surface area (Å²) in [6, 6.07) is 16.7. The van der Waals surface area contributed by atoms with Gasteiger partial charge in [-0.1, -0.05) is 41.4 Å². The van der Waals surface area contributed by atoms with Crippen LogP contribution in [-0.2, 0) is 10.0 Å². The van der Waals surface area contributed by atoms with E-state index in [4.69, 9.17) is 11.6 Å². The number of carbonyl (C=O) groups excluding carboxylic acids is 1. The van der Waals surface area contributed by atoms with Crippen LogP contribution in [0, 0.1) is 20.8 Å². The SMILES string of the molecule is Cc1ccc(S(=O)(=O)Nc2cc(C(=O)Nc3cccc(Cl)c3C)ccc2C)cc1. The highest BCUT2D eigenvalue weighted by Gasteiger charge is 2.17. The molecule has 29 heavy (non-hydrogen) atoms. The highest BCUT2D eigenvalue weighted by Crippen LogP contribution is 2.25. The van der Waals surface area contributed by atoms with E-state index in [1.807, 2.05) is 13.8 Å². The standard InChI is InChI=1S/C22H21ClN2O3S/c1-14-7-11-18(12-8-14)29(27,28)25-21-13-17(10-9-15(21)2)22(26)24-20-6-4-5-19(23)16(20)3/h4-13,25H,1-3H3,(H,24,26). The first-order valence-corrected chi connectivity index (χ1v) is 10.8. The lowest BCUT2D eigenvalue weighted by Crippen LogP contribution is -2.16. The van der Waals surface area contributed by atoms with Crippen molar-refractivity contribution in [1.29, 1.82) is 0 Å². The van der Waals surface area contributed by atoms with Gasteiger partial charge in [0.1, 0.15) is 0 Å². The summed E-state index contributed by atoms with van der Waals surface area (Å²) >= 11 is 6.10. The molecule has 3 rings (SSSR count). The zero-order valence-electron chi connectivity index (χ0n) is 16.3. The molecule has 0 fully saturated rings. The number of anilines is 2. The van der Waals surface area contributed by atoms with Gasteiger partial charge in [-0.15, -0.1) is 0 Å². The predicted octanol–water partition coefficient (Wildman–Crippen LogP) is 5.32. The van der Waals surface area contributed by atoms with E-state index in [0.717, 1.165) is 11.1 Å². The van der Waals surface area contributed by atoms with Gasteiger partial charge in [0.05, 0.1) is 10.6 Å². The fourth-order valence-corrected chi connectivity index (χ4v) is 4.03. The number of nitrogens with one attached hydrogen (secondary N) is 2. The molecule has 0 aliphatic rings. The average molecular weight is 429 g/mol. The number of hydrogen-bond donors (Lipinski definition) is 2. The van der Waals surface area contributed by atoms with Crippen LogP contribution >= 0.6 is 11.6 Å². The summed E-state index contributed by atoms with van der Waals surface area (Å²) in [5.74, 6) is -0.355. The number of halogens is 1. The Morgan fingerprint density at radius 2 is 1.59 bits per heavy atom. The maximum atomic E-state index is 12.7. The van der Waals surface area contributed by atoms with Crippen LogP contribution in [0.15, 0.2) is 65.6 Å². The molecule has 0 heterocycles. The van der Waals surface area contributed by atoms with Crippen LogP contribution in [0.4, 0.5) is 11.4 Å². The minimum absolute atomic E-state index is 0.159. The fraction of sp³-hybridized carbons (Fsp3) is 0.136. The van der Waals surface area contributed by atoms with Crippen LogP contribution in [0.2, 0.25) is 5.02 Å². The topological polar surface area (TPSA) is 75.3 Å². The second-order valence-corrected chi connectivity index (χ2v) is 8.90. The van der Waals surface area contributed by atoms with Crippen molar-refractivity contribution in [1.82, 2.24) is 0 Å². The number of benzene rings is 3. The molecule has 0 spiro atoms. The number of aryl methyl sites for hydroxylation is 2. The van der Waals surface area contributed by atoms with E-state index in [2.05, 4.69) is 10.0 Å². The second kappa shape index (κ2) is 8.27. The van der Waals surface area contributed by atoms with Gasteiger partial charge in [0.2, 0.25) is 0 Å². The van der Waals surface area contributed by atoms with Crippen molar-refractivity contribution in [2.24, 2.45) is 0 Å². The Kier molecular flexibility index (Phi) is 5.96. The lowest BCUT2D eigenvalue weighted by atomic mass is 10.1. The molecule has 0 saturated carbocycles. The minimum Gasteiger partial charge on any atom is -0.322 e. The molecule has 5 nitrogen and oxygen atoms in total. The molecule has 7 heteroatoms. The zero-order valence-corrected chi connectivity index (χ0v) is 17.9. The molecule has 0 unspecified atom stereocenters. The van der Waals surface area contributed by atoms with Crippen molar-refractivity contribution in [3.05, 3.63) is 87.9 Å². The van der Waals surface area contributed by atoms with E-state index < -0.39 is 10.0 Å². The Morgan fingerprint density at radius 1 is 0.897 bits per heavy atom. The van der Waals surface area contributed by atoms with Crippen molar-refractivity contribution in [3.8, 4) is 0 Å². The molecule has 0 radical (unpaired) electrons. The number of sulfonamides is 1. The highest BCUT2D eigenvalue weighted by atomic mass is 35.5. The maximum Gasteiger partial charge on any atom is 0.261 e. The van der Waals surface area contributed by atoms with E-state index in [0.29, 0.717) is 27.5 Å². The third-order valence-electron chi connectivity index (χ3n) is 4.59. The highest BCUT2D eigenvalue weighted by molar-refractivity contribution is 7.92. The molecule has 0 aliphatic heterocycles. The van der Waals surface area contributed by atoms with Gasteiger partial charge in [-0.05, 0) is 68.3 Å². The molecule has 150 valence electrons. The van der Waals surface area contributed by atoms with Crippen LogP contribution in [0.25, 0.3) is 0 Å². The first-order valence-electron chi connectivity index (χ1n) is 8.94. The summed E-state index contributed by atoms with van der Waals surface area (Å²) in [4.78, 5) is 12.8. The molecular formula is C22H21ClN2O3S. The first-order chi connectivity index (χ1) is 13.7. The lowest BCUT2D eigenvalue weighted by molar-refractivity contribution is 0.102. The normalized spacial score (nSPS) is 11.2. The monoisotopic (exact) mass is 428 g/mol. The largest absolute Gasteiger partial charge is 0.322 e. The quantitative estimate of drug-likeness (QED) is 0.577. The van der Waals surface area contributed by atoms with E-state index in [-0.39, 0.29) is 10.8 Å². The number of rotatable bonds is 5. The van der Waals surface area contributed by atoms with Gasteiger partial charge in [0.25, 0.3) is 15.9 Å². The van der Waals surface area contributed by atoms with Gasteiger partial charge in [-0.3, -0.25) is 9.52 Å². The second-order valence-electron chi connectivity index (χ2n) is 6.81. The number of hydrogen-bond acceptors (Lipinski definition) is 3. The van der Waals surface area contributed by atoms with Crippen LogP contribution in [0.5, 0.6) is 0 Å². The molecule has 0 saturated heterocycles. The summed E-state index contributed by atoms with van der Waals surface area (Å²) in [7, 11) is -3.77. The third kappa shape index (κ3) is 4.78. The van der Waals surface area contributed by atoms with Crippen molar-refractivity contribution in [2.75, 3.05) is 10.0 Å². The fourth-order valence-electron chi connectivity index (χ4n) is 2.73. The Hall–Kier alpha value is -2.83. The van der Waals surface area contributed by atoms with Crippen molar-refractivity contribution < 1.29 is 13.2 Å². The van der Waals surface area contributed by atoms with Gasteiger partial charge >= 0.3 is 0 Å². The van der Waals surface area contributed by atoms with Gasteiger partial charge in [0.15, 0.2) is 0 Å². The van der Waals surface area contributed by atoms with Gasteiger partial charge in [-0.2, -0.15) is 0 Å². The first kappa shape index (κ1) is 20.9. The third-order valence-corrected chi connectivity index (χ3v) is 6.38. The average Bonchev–Trinajstić information content (AvgIpc) is 2.67.